The first kappa shape index (κ1) is 25.8. The van der Waals surface area contributed by atoms with Gasteiger partial charge in [0.15, 0.2) is 18.1 Å². The number of para-hydroxylation sites is 1. The topological polar surface area (TPSA) is 67.9 Å². The average molecular weight is 539 g/mol. The molecule has 1 aliphatic rings. The molecular weight excluding hydrogens is 516 g/mol. The molecule has 1 fully saturated rings. The van der Waals surface area contributed by atoms with Gasteiger partial charge in [-0.25, -0.2) is 0 Å². The maximum absolute atomic E-state index is 13.0. The molecule has 0 unspecified atom stereocenters. The highest BCUT2D eigenvalue weighted by Crippen LogP contribution is 2.35. The number of ether oxygens (including phenoxy) is 2. The van der Waals surface area contributed by atoms with Crippen LogP contribution in [0.1, 0.15) is 18.1 Å². The molecule has 0 aliphatic carbocycles. The molecule has 1 saturated heterocycles. The smallest absolute Gasteiger partial charge is 0.266 e. The average Bonchev–Trinajstić information content (AvgIpc) is 3.13. The number of thiocarbonyl (C=S) groups is 1. The van der Waals surface area contributed by atoms with Gasteiger partial charge in [-0.1, -0.05) is 84.1 Å². The number of amides is 2. The third-order valence-corrected chi connectivity index (χ3v) is 6.84. The van der Waals surface area contributed by atoms with Crippen molar-refractivity contribution < 1.29 is 19.1 Å². The molecule has 1 N–H and O–H groups in total. The van der Waals surface area contributed by atoms with Crippen LogP contribution < -0.4 is 14.8 Å². The quantitative estimate of drug-likeness (QED) is 0.260. The van der Waals surface area contributed by atoms with E-state index in [1.165, 1.54) is 11.8 Å². The summed E-state index contributed by atoms with van der Waals surface area (Å²) in [6.45, 7) is 2.47. The van der Waals surface area contributed by atoms with E-state index in [2.05, 4.69) is 5.32 Å². The molecule has 0 bridgehead atoms. The minimum atomic E-state index is -0.350. The fourth-order valence-electron chi connectivity index (χ4n) is 3.45. The maximum atomic E-state index is 13.0. The largest absolute Gasteiger partial charge is 0.490 e. The number of hydrogen-bond donors (Lipinski definition) is 1. The van der Waals surface area contributed by atoms with Crippen molar-refractivity contribution in [1.82, 2.24) is 4.90 Å². The number of nitrogens with zero attached hydrogens (tertiary/aromatic N) is 1. The van der Waals surface area contributed by atoms with Crippen LogP contribution in [-0.2, 0) is 16.1 Å². The monoisotopic (exact) mass is 538 g/mol. The predicted octanol–water partition coefficient (Wildman–Crippen LogP) is 6.16. The molecule has 2 amide bonds. The predicted molar refractivity (Wildman–Crippen MR) is 148 cm³/mol. The highest BCUT2D eigenvalue weighted by Gasteiger charge is 2.32. The van der Waals surface area contributed by atoms with Crippen molar-refractivity contribution in [3.63, 3.8) is 0 Å². The Hall–Kier alpha value is -3.33. The molecule has 0 aromatic heterocycles. The Morgan fingerprint density at radius 3 is 2.56 bits per heavy atom. The third-order valence-electron chi connectivity index (χ3n) is 5.13. The van der Waals surface area contributed by atoms with E-state index in [9.17, 15) is 9.59 Å². The molecule has 1 heterocycles. The molecule has 0 atom stereocenters. The van der Waals surface area contributed by atoms with Crippen LogP contribution in [0.5, 0.6) is 11.5 Å². The summed E-state index contributed by atoms with van der Waals surface area (Å²) in [5.74, 6) is 0.400. The SMILES string of the molecule is CCOc1cc(/C=C2\SC(=S)N(Cc3ccccc3)C2=O)ccc1OCC(=O)Nc1ccccc1Cl. The first-order valence-electron chi connectivity index (χ1n) is 11.2. The Kier molecular flexibility index (Phi) is 8.64. The molecule has 36 heavy (non-hydrogen) atoms. The Morgan fingerprint density at radius 2 is 1.81 bits per heavy atom. The molecule has 0 spiro atoms. The molecule has 184 valence electrons. The number of carbonyl (C=O) groups excluding carboxylic acids is 2. The summed E-state index contributed by atoms with van der Waals surface area (Å²) < 4.78 is 12.0. The van der Waals surface area contributed by atoms with Crippen LogP contribution in [0.15, 0.2) is 77.7 Å². The lowest BCUT2D eigenvalue weighted by Crippen LogP contribution is -2.27. The van der Waals surface area contributed by atoms with E-state index in [1.807, 2.05) is 37.3 Å². The molecule has 3 aromatic carbocycles. The minimum Gasteiger partial charge on any atom is -0.490 e. The number of nitrogens with one attached hydrogen (secondary N) is 1. The number of thioether (sulfide) groups is 1. The highest BCUT2D eigenvalue weighted by atomic mass is 35.5. The Balaban J connectivity index is 1.45. The van der Waals surface area contributed by atoms with Crippen molar-refractivity contribution >= 4 is 63.5 Å². The van der Waals surface area contributed by atoms with Crippen molar-refractivity contribution in [2.24, 2.45) is 0 Å². The number of anilines is 1. The second kappa shape index (κ2) is 12.1. The van der Waals surface area contributed by atoms with Gasteiger partial charge in [-0.15, -0.1) is 0 Å². The van der Waals surface area contributed by atoms with Crippen molar-refractivity contribution in [2.75, 3.05) is 18.5 Å². The van der Waals surface area contributed by atoms with Gasteiger partial charge in [-0.05, 0) is 48.4 Å². The van der Waals surface area contributed by atoms with E-state index in [1.54, 1.807) is 53.4 Å². The van der Waals surface area contributed by atoms with Gasteiger partial charge in [0, 0.05) is 0 Å². The second-order valence-corrected chi connectivity index (χ2v) is 9.79. The van der Waals surface area contributed by atoms with E-state index >= 15 is 0 Å². The van der Waals surface area contributed by atoms with Gasteiger partial charge in [0.2, 0.25) is 0 Å². The summed E-state index contributed by atoms with van der Waals surface area (Å²) in [7, 11) is 0. The fraction of sp³-hybridized carbons (Fsp3) is 0.148. The molecule has 9 heteroatoms. The summed E-state index contributed by atoms with van der Waals surface area (Å²) in [6, 6.07) is 22.0. The third kappa shape index (κ3) is 6.46. The van der Waals surface area contributed by atoms with Crippen LogP contribution in [-0.4, -0.2) is 34.2 Å². The zero-order valence-corrected chi connectivity index (χ0v) is 21.8. The number of halogens is 1. The molecular formula is C27H23ClN2O4S2. The molecule has 1 aliphatic heterocycles. The van der Waals surface area contributed by atoms with Gasteiger partial charge in [0.05, 0.1) is 28.8 Å². The van der Waals surface area contributed by atoms with E-state index in [0.717, 1.165) is 11.1 Å². The number of rotatable bonds is 9. The first-order chi connectivity index (χ1) is 17.4. The summed E-state index contributed by atoms with van der Waals surface area (Å²) in [5.41, 5.74) is 2.28. The van der Waals surface area contributed by atoms with Crippen molar-refractivity contribution in [3.8, 4) is 11.5 Å². The molecule has 3 aromatic rings. The summed E-state index contributed by atoms with van der Waals surface area (Å²) in [6.07, 6.45) is 1.78. The minimum absolute atomic E-state index is 0.136. The maximum Gasteiger partial charge on any atom is 0.266 e. The molecule has 6 nitrogen and oxygen atoms in total. The van der Waals surface area contributed by atoms with Crippen LogP contribution in [0.2, 0.25) is 5.02 Å². The van der Waals surface area contributed by atoms with Gasteiger partial charge in [-0.2, -0.15) is 0 Å². The van der Waals surface area contributed by atoms with Crippen LogP contribution in [0.4, 0.5) is 5.69 Å². The Labute approximate surface area is 224 Å². The highest BCUT2D eigenvalue weighted by molar-refractivity contribution is 8.26. The van der Waals surface area contributed by atoms with Crippen LogP contribution in [0, 0.1) is 0 Å². The lowest BCUT2D eigenvalue weighted by atomic mass is 10.1. The van der Waals surface area contributed by atoms with E-state index in [-0.39, 0.29) is 18.4 Å². The van der Waals surface area contributed by atoms with Crippen LogP contribution in [0.25, 0.3) is 6.08 Å². The number of benzene rings is 3. The van der Waals surface area contributed by atoms with Crippen molar-refractivity contribution in [2.45, 2.75) is 13.5 Å². The lowest BCUT2D eigenvalue weighted by molar-refractivity contribution is -0.122. The Bertz CT molecular complexity index is 1310. The van der Waals surface area contributed by atoms with Gasteiger partial charge in [0.1, 0.15) is 4.32 Å². The van der Waals surface area contributed by atoms with Crippen LogP contribution in [0.3, 0.4) is 0 Å². The standard InChI is InChI=1S/C27H23ClN2O4S2/c1-2-33-23-14-19(12-13-22(23)34-17-25(31)29-21-11-7-6-10-20(21)28)15-24-26(32)30(27(35)36-24)16-18-8-4-3-5-9-18/h3-15H,2,16-17H2,1H3,(H,29,31)/b24-15-. The molecule has 0 saturated carbocycles. The summed E-state index contributed by atoms with van der Waals surface area (Å²) in [5, 5.41) is 3.16. The normalized spacial score (nSPS) is 14.3. The first-order valence-corrected chi connectivity index (χ1v) is 12.8. The van der Waals surface area contributed by atoms with Gasteiger partial charge >= 0.3 is 0 Å². The second-order valence-electron chi connectivity index (χ2n) is 7.71. The lowest BCUT2D eigenvalue weighted by Gasteiger charge is -2.14. The molecule has 0 radical (unpaired) electrons. The fourth-order valence-corrected chi connectivity index (χ4v) is 4.89. The number of hydrogen-bond acceptors (Lipinski definition) is 6. The Morgan fingerprint density at radius 1 is 1.06 bits per heavy atom. The zero-order chi connectivity index (χ0) is 25.5. The van der Waals surface area contributed by atoms with E-state index in [4.69, 9.17) is 33.3 Å². The van der Waals surface area contributed by atoms with E-state index in [0.29, 0.717) is 44.6 Å². The van der Waals surface area contributed by atoms with E-state index < -0.39 is 0 Å². The van der Waals surface area contributed by atoms with Crippen molar-refractivity contribution in [1.29, 1.82) is 0 Å². The number of carbonyl (C=O) groups is 2. The zero-order valence-electron chi connectivity index (χ0n) is 19.4. The van der Waals surface area contributed by atoms with Crippen LogP contribution >= 0.6 is 35.6 Å². The van der Waals surface area contributed by atoms with Gasteiger partial charge in [0.25, 0.3) is 11.8 Å². The summed E-state index contributed by atoms with van der Waals surface area (Å²) >= 11 is 12.8. The molecule has 4 rings (SSSR count). The van der Waals surface area contributed by atoms with Gasteiger partial charge in [-0.3, -0.25) is 14.5 Å². The van der Waals surface area contributed by atoms with Crippen molar-refractivity contribution in [3.05, 3.63) is 93.9 Å². The summed E-state index contributed by atoms with van der Waals surface area (Å²) in [4.78, 5) is 27.5. The van der Waals surface area contributed by atoms with Gasteiger partial charge < -0.3 is 14.8 Å².